The predicted molar refractivity (Wildman–Crippen MR) is 67.1 cm³/mol. The molecular formula is C12H12ClN3. The molecule has 0 amide bonds. The van der Waals surface area contributed by atoms with Crippen molar-refractivity contribution in [1.82, 2.24) is 9.55 Å². The van der Waals surface area contributed by atoms with Crippen LogP contribution in [0.1, 0.15) is 0 Å². The van der Waals surface area contributed by atoms with Gasteiger partial charge in [0.05, 0.1) is 0 Å². The van der Waals surface area contributed by atoms with Crippen LogP contribution in [0.2, 0.25) is 0 Å². The molecule has 1 aromatic heterocycles. The molecule has 0 spiro atoms. The Bertz CT molecular complexity index is 502. The third kappa shape index (κ3) is 2.25. The summed E-state index contributed by atoms with van der Waals surface area (Å²) in [6.45, 7) is 0.702. The fraction of sp³-hybridized carbons (Fsp3) is 0.0833. The van der Waals surface area contributed by atoms with Crippen LogP contribution in [-0.2, 0) is 6.54 Å². The topological polar surface area (TPSA) is 43.8 Å². The van der Waals surface area contributed by atoms with Gasteiger partial charge in [-0.3, -0.25) is 0 Å². The smallest absolute Gasteiger partial charge is 0.140 e. The van der Waals surface area contributed by atoms with E-state index in [-0.39, 0.29) is 0 Å². The summed E-state index contributed by atoms with van der Waals surface area (Å²) in [5, 5.41) is 0. The maximum atomic E-state index is 5.74. The first kappa shape index (κ1) is 10.8. The van der Waals surface area contributed by atoms with Crippen LogP contribution in [0.15, 0.2) is 48.3 Å². The molecule has 0 fully saturated rings. The Labute approximate surface area is 99.2 Å². The number of aromatic nitrogens is 2. The minimum Gasteiger partial charge on any atom is -0.399 e. The molecular weight excluding hydrogens is 222 g/mol. The van der Waals surface area contributed by atoms with Crippen molar-refractivity contribution < 1.29 is 0 Å². The molecule has 0 aliphatic carbocycles. The van der Waals surface area contributed by atoms with E-state index in [1.165, 1.54) is 5.54 Å². The van der Waals surface area contributed by atoms with Crippen molar-refractivity contribution >= 4 is 17.3 Å². The molecule has 3 nitrogen and oxygen atoms in total. The van der Waals surface area contributed by atoms with Crippen LogP contribution < -0.4 is 5.73 Å². The normalized spacial score (nSPS) is 11.1. The lowest BCUT2D eigenvalue weighted by Crippen LogP contribution is -1.97. The zero-order valence-electron chi connectivity index (χ0n) is 8.68. The average Bonchev–Trinajstić information content (AvgIpc) is 2.74. The van der Waals surface area contributed by atoms with Crippen LogP contribution in [0.4, 0.5) is 5.69 Å². The van der Waals surface area contributed by atoms with Crippen LogP contribution in [-0.4, -0.2) is 9.55 Å². The lowest BCUT2D eigenvalue weighted by molar-refractivity contribution is 0.831. The molecule has 0 bridgehead atoms. The highest BCUT2D eigenvalue weighted by atomic mass is 35.5. The maximum absolute atomic E-state index is 5.74. The van der Waals surface area contributed by atoms with E-state index < -0.39 is 0 Å². The van der Waals surface area contributed by atoms with Gasteiger partial charge in [0, 0.05) is 35.7 Å². The van der Waals surface area contributed by atoms with Gasteiger partial charge in [0.2, 0.25) is 0 Å². The van der Waals surface area contributed by atoms with Crippen LogP contribution in [0.5, 0.6) is 0 Å². The lowest BCUT2D eigenvalue weighted by atomic mass is 10.2. The zero-order chi connectivity index (χ0) is 11.4. The van der Waals surface area contributed by atoms with E-state index in [1.54, 1.807) is 6.20 Å². The molecule has 0 aliphatic heterocycles. The second kappa shape index (κ2) is 4.86. The predicted octanol–water partition coefficient (Wildman–Crippen LogP) is 2.88. The molecule has 4 heteroatoms. The summed E-state index contributed by atoms with van der Waals surface area (Å²) in [5.41, 5.74) is 8.99. The SMILES string of the molecule is Nc1cccc(-c2nccn2C/C=C/Cl)c1. The molecule has 1 heterocycles. The average molecular weight is 234 g/mol. The summed E-state index contributed by atoms with van der Waals surface area (Å²) in [7, 11) is 0. The van der Waals surface area contributed by atoms with Crippen molar-refractivity contribution in [3.05, 3.63) is 48.3 Å². The third-order valence-corrected chi connectivity index (χ3v) is 2.43. The number of rotatable bonds is 3. The highest BCUT2D eigenvalue weighted by Crippen LogP contribution is 2.19. The lowest BCUT2D eigenvalue weighted by Gasteiger charge is -2.05. The minimum atomic E-state index is 0.702. The molecule has 2 N–H and O–H groups in total. The largest absolute Gasteiger partial charge is 0.399 e. The number of imidazole rings is 1. The standard InChI is InChI=1S/C12H12ClN3/c13-5-2-7-16-8-6-15-12(16)10-3-1-4-11(14)9-10/h1-6,8-9H,7,14H2/b5-2+. The second-order valence-electron chi connectivity index (χ2n) is 3.39. The summed E-state index contributed by atoms with van der Waals surface area (Å²) in [4.78, 5) is 4.31. The van der Waals surface area contributed by atoms with Gasteiger partial charge in [-0.2, -0.15) is 0 Å². The first-order chi connectivity index (χ1) is 7.81. The van der Waals surface area contributed by atoms with Crippen molar-refractivity contribution in [3.8, 4) is 11.4 Å². The van der Waals surface area contributed by atoms with Gasteiger partial charge in [0.1, 0.15) is 5.82 Å². The van der Waals surface area contributed by atoms with Crippen molar-refractivity contribution in [3.63, 3.8) is 0 Å². The summed E-state index contributed by atoms with van der Waals surface area (Å²) in [5.74, 6) is 0.891. The van der Waals surface area contributed by atoms with Crippen molar-refractivity contribution in [1.29, 1.82) is 0 Å². The molecule has 16 heavy (non-hydrogen) atoms. The van der Waals surface area contributed by atoms with Crippen molar-refractivity contribution in [2.24, 2.45) is 0 Å². The highest BCUT2D eigenvalue weighted by molar-refractivity contribution is 6.25. The number of nitrogens with two attached hydrogens (primary N) is 1. The molecule has 0 radical (unpaired) electrons. The van der Waals surface area contributed by atoms with Crippen LogP contribution in [0, 0.1) is 0 Å². The van der Waals surface area contributed by atoms with E-state index in [4.69, 9.17) is 17.3 Å². The first-order valence-electron chi connectivity index (χ1n) is 4.93. The molecule has 82 valence electrons. The van der Waals surface area contributed by atoms with Gasteiger partial charge in [-0.05, 0) is 12.1 Å². The number of anilines is 1. The Morgan fingerprint density at radius 1 is 1.44 bits per heavy atom. The number of benzene rings is 1. The van der Waals surface area contributed by atoms with E-state index in [0.717, 1.165) is 17.1 Å². The molecule has 0 aliphatic rings. The first-order valence-corrected chi connectivity index (χ1v) is 5.37. The summed E-state index contributed by atoms with van der Waals surface area (Å²) >= 11 is 5.51. The zero-order valence-corrected chi connectivity index (χ0v) is 9.43. The maximum Gasteiger partial charge on any atom is 0.140 e. The van der Waals surface area contributed by atoms with Crippen LogP contribution in [0.3, 0.4) is 0 Å². The number of nitrogen functional groups attached to an aromatic ring is 1. The molecule has 0 atom stereocenters. The number of hydrogen-bond acceptors (Lipinski definition) is 2. The van der Waals surface area contributed by atoms with Crippen molar-refractivity contribution in [2.75, 3.05) is 5.73 Å². The fourth-order valence-electron chi connectivity index (χ4n) is 1.55. The highest BCUT2D eigenvalue weighted by Gasteiger charge is 2.04. The molecule has 2 aromatic rings. The van der Waals surface area contributed by atoms with E-state index in [1.807, 2.05) is 41.1 Å². The molecule has 0 saturated carbocycles. The Morgan fingerprint density at radius 2 is 2.31 bits per heavy atom. The Morgan fingerprint density at radius 3 is 3.06 bits per heavy atom. The second-order valence-corrected chi connectivity index (χ2v) is 3.64. The Balaban J connectivity index is 2.36. The van der Waals surface area contributed by atoms with Gasteiger partial charge in [-0.25, -0.2) is 4.98 Å². The summed E-state index contributed by atoms with van der Waals surface area (Å²) in [6, 6.07) is 7.67. The summed E-state index contributed by atoms with van der Waals surface area (Å²) in [6.07, 6.45) is 5.54. The van der Waals surface area contributed by atoms with E-state index in [9.17, 15) is 0 Å². The number of halogens is 1. The van der Waals surface area contributed by atoms with Gasteiger partial charge in [-0.15, -0.1) is 0 Å². The van der Waals surface area contributed by atoms with E-state index >= 15 is 0 Å². The van der Waals surface area contributed by atoms with Crippen molar-refractivity contribution in [2.45, 2.75) is 6.54 Å². The Hall–Kier alpha value is -1.74. The molecule has 0 saturated heterocycles. The van der Waals surface area contributed by atoms with Gasteiger partial charge in [0.15, 0.2) is 0 Å². The number of nitrogens with zero attached hydrogens (tertiary/aromatic N) is 2. The minimum absolute atomic E-state index is 0.702. The van der Waals surface area contributed by atoms with Crippen LogP contribution in [0.25, 0.3) is 11.4 Å². The fourth-order valence-corrected chi connectivity index (χ4v) is 1.63. The van der Waals surface area contributed by atoms with E-state index in [2.05, 4.69) is 4.98 Å². The molecule has 2 rings (SSSR count). The van der Waals surface area contributed by atoms with Gasteiger partial charge in [-0.1, -0.05) is 29.8 Å². The number of hydrogen-bond donors (Lipinski definition) is 1. The quantitative estimate of drug-likeness (QED) is 0.829. The monoisotopic (exact) mass is 233 g/mol. The molecule has 0 unspecified atom stereocenters. The third-order valence-electron chi connectivity index (χ3n) is 2.25. The van der Waals surface area contributed by atoms with E-state index in [0.29, 0.717) is 6.54 Å². The summed E-state index contributed by atoms with van der Waals surface area (Å²) < 4.78 is 2.01. The Kier molecular flexibility index (Phi) is 3.27. The van der Waals surface area contributed by atoms with Crippen LogP contribution >= 0.6 is 11.6 Å². The number of allylic oxidation sites excluding steroid dienone is 1. The molecule has 1 aromatic carbocycles. The van der Waals surface area contributed by atoms with Gasteiger partial charge < -0.3 is 10.3 Å². The van der Waals surface area contributed by atoms with Gasteiger partial charge in [0.25, 0.3) is 0 Å². The van der Waals surface area contributed by atoms with Gasteiger partial charge >= 0.3 is 0 Å².